The summed E-state index contributed by atoms with van der Waals surface area (Å²) < 4.78 is 10.9. The van der Waals surface area contributed by atoms with Gasteiger partial charge in [-0.3, -0.25) is 9.59 Å². The number of hydrogen-bond acceptors (Lipinski definition) is 6. The molecule has 1 unspecified atom stereocenters. The van der Waals surface area contributed by atoms with E-state index in [4.69, 9.17) is 31.3 Å². The fourth-order valence-electron chi connectivity index (χ4n) is 3.78. The van der Waals surface area contributed by atoms with Crippen LogP contribution in [0.1, 0.15) is 25.7 Å². The fourth-order valence-corrected chi connectivity index (χ4v) is 4.01. The highest BCUT2D eigenvalue weighted by atomic mass is 35.5. The van der Waals surface area contributed by atoms with Crippen molar-refractivity contribution in [3.63, 3.8) is 0 Å². The Morgan fingerprint density at radius 2 is 1.42 bits per heavy atom. The zero-order valence-electron chi connectivity index (χ0n) is 16.7. The third-order valence-corrected chi connectivity index (χ3v) is 5.63. The van der Waals surface area contributed by atoms with E-state index in [0.717, 1.165) is 0 Å². The van der Waals surface area contributed by atoms with Gasteiger partial charge in [-0.05, 0) is 37.8 Å². The second-order valence-corrected chi connectivity index (χ2v) is 7.74. The molecule has 0 spiro atoms. The Morgan fingerprint density at radius 1 is 0.903 bits per heavy atom. The molecule has 2 fully saturated rings. The van der Waals surface area contributed by atoms with Crippen molar-refractivity contribution in [1.82, 2.24) is 9.80 Å². The van der Waals surface area contributed by atoms with Crippen molar-refractivity contribution >= 4 is 35.4 Å². The fraction of sp³-hybridized carbons (Fsp3) is 0.500. The molecule has 168 valence electrons. The zero-order chi connectivity index (χ0) is 22.5. The Labute approximate surface area is 183 Å². The van der Waals surface area contributed by atoms with Crippen LogP contribution in [0, 0.1) is 0 Å². The minimum absolute atomic E-state index is 0.151. The normalized spacial score (nSPS) is 20.5. The summed E-state index contributed by atoms with van der Waals surface area (Å²) >= 11 is 6.16. The van der Waals surface area contributed by atoms with Gasteiger partial charge in [-0.1, -0.05) is 11.6 Å². The molecule has 0 aliphatic carbocycles. The molecule has 0 radical (unpaired) electrons. The van der Waals surface area contributed by atoms with Crippen molar-refractivity contribution in [3.8, 4) is 11.5 Å². The molecular formula is C20H23ClN2O8. The van der Waals surface area contributed by atoms with Crippen molar-refractivity contribution in [2.24, 2.45) is 0 Å². The number of rotatable bonds is 8. The standard InChI is InChI=1S/C20H23ClN2O8/c21-13-9-12(30-10-17(24)22-7-1-3-14(22)19(26)27)5-6-16(13)31-11-18(25)23-8-2-4-15(23)20(28)29/h5-6,9,14-15H,1-4,7-8,10-11H2,(H,26,27)(H,28,29)/t14-,15?/m1/s1. The first-order chi connectivity index (χ1) is 14.8. The van der Waals surface area contributed by atoms with Crippen LogP contribution in [0.5, 0.6) is 11.5 Å². The summed E-state index contributed by atoms with van der Waals surface area (Å²) in [4.78, 5) is 49.5. The number of aliphatic carboxylic acids is 2. The number of likely N-dealkylation sites (tertiary alicyclic amines) is 2. The molecule has 2 N–H and O–H groups in total. The minimum atomic E-state index is -1.04. The molecule has 1 aromatic rings. The van der Waals surface area contributed by atoms with E-state index in [2.05, 4.69) is 0 Å². The van der Waals surface area contributed by atoms with Gasteiger partial charge < -0.3 is 29.5 Å². The Balaban J connectivity index is 1.52. The van der Waals surface area contributed by atoms with Gasteiger partial charge in [0, 0.05) is 19.2 Å². The summed E-state index contributed by atoms with van der Waals surface area (Å²) in [5, 5.41) is 18.5. The average molecular weight is 455 g/mol. The van der Waals surface area contributed by atoms with Gasteiger partial charge in [-0.15, -0.1) is 0 Å². The van der Waals surface area contributed by atoms with E-state index in [1.54, 1.807) is 0 Å². The van der Waals surface area contributed by atoms with E-state index >= 15 is 0 Å². The molecule has 2 aliphatic rings. The van der Waals surface area contributed by atoms with Crippen LogP contribution in [0.3, 0.4) is 0 Å². The maximum Gasteiger partial charge on any atom is 0.326 e. The number of carboxylic acids is 2. The summed E-state index contributed by atoms with van der Waals surface area (Å²) in [5.74, 6) is -2.44. The molecule has 2 atom stereocenters. The molecule has 2 saturated heterocycles. The molecular weight excluding hydrogens is 432 g/mol. The van der Waals surface area contributed by atoms with Crippen molar-refractivity contribution in [3.05, 3.63) is 23.2 Å². The van der Waals surface area contributed by atoms with Crippen molar-refractivity contribution < 1.29 is 38.9 Å². The molecule has 2 amide bonds. The molecule has 2 aliphatic heterocycles. The van der Waals surface area contributed by atoms with E-state index in [-0.39, 0.29) is 29.7 Å². The monoisotopic (exact) mass is 454 g/mol. The van der Waals surface area contributed by atoms with Gasteiger partial charge >= 0.3 is 11.9 Å². The number of benzene rings is 1. The van der Waals surface area contributed by atoms with Gasteiger partial charge in [0.15, 0.2) is 13.2 Å². The molecule has 2 heterocycles. The smallest absolute Gasteiger partial charge is 0.326 e. The molecule has 0 aromatic heterocycles. The largest absolute Gasteiger partial charge is 0.484 e. The number of ether oxygens (including phenoxy) is 2. The highest BCUT2D eigenvalue weighted by Crippen LogP contribution is 2.29. The third-order valence-electron chi connectivity index (χ3n) is 5.33. The number of amides is 2. The van der Waals surface area contributed by atoms with Crippen LogP contribution >= 0.6 is 11.6 Å². The lowest BCUT2D eigenvalue weighted by Crippen LogP contribution is -2.42. The number of carboxylic acid groups (broad SMARTS) is 2. The molecule has 31 heavy (non-hydrogen) atoms. The van der Waals surface area contributed by atoms with Crippen molar-refractivity contribution in [1.29, 1.82) is 0 Å². The first-order valence-electron chi connectivity index (χ1n) is 9.87. The van der Waals surface area contributed by atoms with E-state index in [1.165, 1.54) is 28.0 Å². The highest BCUT2D eigenvalue weighted by Gasteiger charge is 2.35. The highest BCUT2D eigenvalue weighted by molar-refractivity contribution is 6.32. The van der Waals surface area contributed by atoms with E-state index in [9.17, 15) is 19.2 Å². The molecule has 0 saturated carbocycles. The summed E-state index contributed by atoms with van der Waals surface area (Å²) in [6.45, 7) is 0.0615. The van der Waals surface area contributed by atoms with E-state index < -0.39 is 35.8 Å². The second kappa shape index (κ2) is 9.86. The van der Waals surface area contributed by atoms with Crippen molar-refractivity contribution in [2.45, 2.75) is 37.8 Å². The number of nitrogens with zero attached hydrogens (tertiary/aromatic N) is 2. The molecule has 0 bridgehead atoms. The predicted molar refractivity (Wildman–Crippen MR) is 107 cm³/mol. The topological polar surface area (TPSA) is 134 Å². The predicted octanol–water partition coefficient (Wildman–Crippen LogP) is 1.25. The van der Waals surface area contributed by atoms with Crippen LogP contribution < -0.4 is 9.47 Å². The maximum atomic E-state index is 12.3. The summed E-state index contributed by atoms with van der Waals surface area (Å²) in [7, 11) is 0. The van der Waals surface area contributed by atoms with Gasteiger partial charge in [0.25, 0.3) is 11.8 Å². The van der Waals surface area contributed by atoms with Gasteiger partial charge in [0.05, 0.1) is 5.02 Å². The Morgan fingerprint density at radius 3 is 1.90 bits per heavy atom. The summed E-state index contributed by atoms with van der Waals surface area (Å²) in [6, 6.07) is 2.74. The van der Waals surface area contributed by atoms with Gasteiger partial charge in [-0.25, -0.2) is 9.59 Å². The van der Waals surface area contributed by atoms with Gasteiger partial charge in [0.1, 0.15) is 23.6 Å². The van der Waals surface area contributed by atoms with Crippen LogP contribution in [-0.4, -0.2) is 82.2 Å². The zero-order valence-corrected chi connectivity index (χ0v) is 17.4. The summed E-state index contributed by atoms with van der Waals surface area (Å²) in [6.07, 6.45) is 2.09. The molecule has 10 nitrogen and oxygen atoms in total. The maximum absolute atomic E-state index is 12.3. The number of hydrogen-bond donors (Lipinski definition) is 2. The number of halogens is 1. The molecule has 1 aromatic carbocycles. The SMILES string of the molecule is O=C(O)C1CCCN1C(=O)COc1ccc(OCC(=O)N2CCC[C@@H]2C(=O)O)cc1Cl. The first kappa shape index (κ1) is 22.7. The van der Waals surface area contributed by atoms with Crippen LogP contribution in [0.15, 0.2) is 18.2 Å². The van der Waals surface area contributed by atoms with E-state index in [1.807, 2.05) is 0 Å². The summed E-state index contributed by atoms with van der Waals surface area (Å²) in [5.41, 5.74) is 0. The lowest BCUT2D eigenvalue weighted by molar-refractivity contribution is -0.149. The van der Waals surface area contributed by atoms with Crippen LogP contribution in [0.2, 0.25) is 5.02 Å². The average Bonchev–Trinajstić information content (AvgIpc) is 3.40. The van der Waals surface area contributed by atoms with Crippen LogP contribution in [0.4, 0.5) is 0 Å². The third kappa shape index (κ3) is 5.38. The van der Waals surface area contributed by atoms with Crippen LogP contribution in [0.25, 0.3) is 0 Å². The number of carbonyl (C=O) groups is 4. The van der Waals surface area contributed by atoms with Crippen LogP contribution in [-0.2, 0) is 19.2 Å². The lowest BCUT2D eigenvalue weighted by atomic mass is 10.2. The Kier molecular flexibility index (Phi) is 7.21. The Bertz CT molecular complexity index is 877. The molecule has 3 rings (SSSR count). The first-order valence-corrected chi connectivity index (χ1v) is 10.3. The lowest BCUT2D eigenvalue weighted by Gasteiger charge is -2.22. The minimum Gasteiger partial charge on any atom is -0.484 e. The quantitative estimate of drug-likeness (QED) is 0.599. The molecule has 11 heteroatoms. The van der Waals surface area contributed by atoms with Crippen molar-refractivity contribution in [2.75, 3.05) is 26.3 Å². The van der Waals surface area contributed by atoms with E-state index in [0.29, 0.717) is 38.8 Å². The number of carbonyl (C=O) groups excluding carboxylic acids is 2. The van der Waals surface area contributed by atoms with Gasteiger partial charge in [-0.2, -0.15) is 0 Å². The van der Waals surface area contributed by atoms with Gasteiger partial charge in [0.2, 0.25) is 0 Å². The second-order valence-electron chi connectivity index (χ2n) is 7.34. The Hall–Kier alpha value is -3.01.